The van der Waals surface area contributed by atoms with Crippen LogP contribution in [-0.2, 0) is 13.5 Å². The van der Waals surface area contributed by atoms with E-state index in [0.29, 0.717) is 29.0 Å². The molecular weight excluding hydrogens is 476 g/mol. The van der Waals surface area contributed by atoms with Crippen molar-refractivity contribution in [3.63, 3.8) is 0 Å². The van der Waals surface area contributed by atoms with E-state index in [4.69, 9.17) is 14.2 Å². The Morgan fingerprint density at radius 2 is 1.84 bits per heavy atom. The quantitative estimate of drug-likeness (QED) is 0.348. The first-order chi connectivity index (χ1) is 15.6. The second-order valence-electron chi connectivity index (χ2n) is 7.09. The first kappa shape index (κ1) is 20.3. The molecule has 0 atom stereocenters. The number of ether oxygens (including phenoxy) is 3. The number of H-pyrrole nitrogens is 1. The van der Waals surface area contributed by atoms with Crippen LogP contribution in [-0.4, -0.2) is 36.6 Å². The van der Waals surface area contributed by atoms with Gasteiger partial charge in [-0.2, -0.15) is 4.98 Å². The van der Waals surface area contributed by atoms with E-state index in [1.54, 1.807) is 38.1 Å². The van der Waals surface area contributed by atoms with E-state index in [-0.39, 0.29) is 0 Å². The van der Waals surface area contributed by atoms with Crippen LogP contribution in [0.2, 0.25) is 0 Å². The van der Waals surface area contributed by atoms with Crippen LogP contribution in [0.5, 0.6) is 29.0 Å². The average molecular weight is 495 g/mol. The van der Waals surface area contributed by atoms with Gasteiger partial charge in [0.1, 0.15) is 17.0 Å². The molecule has 0 saturated carbocycles. The van der Waals surface area contributed by atoms with Gasteiger partial charge in [0.15, 0.2) is 11.4 Å². The highest BCUT2D eigenvalue weighted by molar-refractivity contribution is 9.10. The van der Waals surface area contributed by atoms with E-state index in [9.17, 15) is 0 Å². The number of fused-ring (bicyclic) bond motifs is 2. The van der Waals surface area contributed by atoms with Crippen LogP contribution < -0.4 is 14.2 Å². The number of aryl methyl sites for hydroxylation is 2. The number of halogens is 1. The molecule has 0 amide bonds. The fourth-order valence-corrected chi connectivity index (χ4v) is 4.16. The molecule has 1 N–H and O–H groups in total. The number of aromatic amines is 1. The highest BCUT2D eigenvalue weighted by Gasteiger charge is 2.18. The van der Waals surface area contributed by atoms with Gasteiger partial charge in [-0.15, -0.1) is 0 Å². The van der Waals surface area contributed by atoms with Crippen LogP contribution in [0.4, 0.5) is 0 Å². The van der Waals surface area contributed by atoms with E-state index in [1.165, 1.54) is 0 Å². The fraction of sp³-hybridized carbons (Fsp3) is 0.182. The third-order valence-corrected chi connectivity index (χ3v) is 5.85. The predicted octanol–water partition coefficient (Wildman–Crippen LogP) is 5.16. The maximum Gasteiger partial charge on any atom is 0.233 e. The van der Waals surface area contributed by atoms with Crippen molar-refractivity contribution < 1.29 is 14.2 Å². The lowest BCUT2D eigenvalue weighted by molar-refractivity contribution is 0.402. The minimum absolute atomic E-state index is 0.358. The topological polar surface area (TPSA) is 100.0 Å². The maximum absolute atomic E-state index is 6.11. The molecule has 0 bridgehead atoms. The molecule has 0 aliphatic carbocycles. The number of hydrogen-bond acceptors (Lipinski definition) is 7. The lowest BCUT2D eigenvalue weighted by Gasteiger charge is -2.10. The number of nitrogens with one attached hydrogen (secondary N) is 1. The SMILES string of the molecule is CCc1[nH]c2cc(Oc3cnc4c(c3)ncn4C)nc(Oc3cncc(OC)c3)c2c1Br. The largest absolute Gasteiger partial charge is 0.495 e. The van der Waals surface area contributed by atoms with Gasteiger partial charge in [0.2, 0.25) is 11.8 Å². The molecule has 5 heterocycles. The van der Waals surface area contributed by atoms with Gasteiger partial charge < -0.3 is 23.8 Å². The second kappa shape index (κ2) is 8.12. The lowest BCUT2D eigenvalue weighted by Crippen LogP contribution is -1.95. The Kier molecular flexibility index (Phi) is 5.14. The number of hydrogen-bond donors (Lipinski definition) is 1. The normalized spacial score (nSPS) is 11.2. The lowest BCUT2D eigenvalue weighted by atomic mass is 10.3. The van der Waals surface area contributed by atoms with Gasteiger partial charge in [-0.1, -0.05) is 6.92 Å². The molecule has 162 valence electrons. The third-order valence-electron chi connectivity index (χ3n) is 4.97. The molecule has 0 aliphatic heterocycles. The van der Waals surface area contributed by atoms with Crippen molar-refractivity contribution in [2.45, 2.75) is 13.3 Å². The standard InChI is InChI=1S/C22H19BrN6O3/c1-4-15-20(23)19-16(27-15)7-18(28-22(19)32-13-5-12(30-3)8-24-9-13)31-14-6-17-21(25-10-14)29(2)11-26-17/h5-11,27H,4H2,1-3H3. The molecule has 5 rings (SSSR count). The van der Waals surface area contributed by atoms with Gasteiger partial charge in [-0.25, -0.2) is 9.97 Å². The van der Waals surface area contributed by atoms with Gasteiger partial charge in [0, 0.05) is 30.9 Å². The molecule has 5 aromatic heterocycles. The van der Waals surface area contributed by atoms with Gasteiger partial charge in [0.25, 0.3) is 0 Å². The smallest absolute Gasteiger partial charge is 0.233 e. The van der Waals surface area contributed by atoms with Crippen molar-refractivity contribution >= 4 is 38.0 Å². The first-order valence-corrected chi connectivity index (χ1v) is 10.7. The molecule has 9 nitrogen and oxygen atoms in total. The summed E-state index contributed by atoms with van der Waals surface area (Å²) in [5.74, 6) is 2.35. The number of imidazole rings is 1. The van der Waals surface area contributed by atoms with E-state index < -0.39 is 0 Å². The molecule has 5 aromatic rings. The summed E-state index contributed by atoms with van der Waals surface area (Å²) in [7, 11) is 3.47. The zero-order chi connectivity index (χ0) is 22.2. The monoisotopic (exact) mass is 494 g/mol. The molecule has 32 heavy (non-hydrogen) atoms. The van der Waals surface area contributed by atoms with Crippen LogP contribution in [0.25, 0.3) is 22.1 Å². The zero-order valence-electron chi connectivity index (χ0n) is 17.6. The number of nitrogens with zero attached hydrogens (tertiary/aromatic N) is 5. The summed E-state index contributed by atoms with van der Waals surface area (Å²) < 4.78 is 20.1. The van der Waals surface area contributed by atoms with Gasteiger partial charge in [0.05, 0.1) is 47.4 Å². The predicted molar refractivity (Wildman–Crippen MR) is 123 cm³/mol. The summed E-state index contributed by atoms with van der Waals surface area (Å²) in [5.41, 5.74) is 3.37. The zero-order valence-corrected chi connectivity index (χ0v) is 19.2. The summed E-state index contributed by atoms with van der Waals surface area (Å²) in [5, 5.41) is 0.815. The third kappa shape index (κ3) is 3.62. The van der Waals surface area contributed by atoms with Crippen LogP contribution in [0.15, 0.2) is 47.6 Å². The summed E-state index contributed by atoms with van der Waals surface area (Å²) >= 11 is 3.67. The molecule has 0 saturated heterocycles. The van der Waals surface area contributed by atoms with Crippen LogP contribution in [0.1, 0.15) is 12.6 Å². The van der Waals surface area contributed by atoms with Crippen molar-refractivity contribution in [2.24, 2.45) is 7.05 Å². The second-order valence-corrected chi connectivity index (χ2v) is 7.89. The first-order valence-electron chi connectivity index (χ1n) is 9.88. The van der Waals surface area contributed by atoms with Crippen molar-refractivity contribution in [2.75, 3.05) is 7.11 Å². The highest BCUT2D eigenvalue weighted by atomic mass is 79.9. The summed E-state index contributed by atoms with van der Waals surface area (Å²) in [6, 6.07) is 5.40. The Balaban J connectivity index is 1.58. The Labute approximate surface area is 191 Å². The van der Waals surface area contributed by atoms with Crippen LogP contribution in [0.3, 0.4) is 0 Å². The highest BCUT2D eigenvalue weighted by Crippen LogP contribution is 2.39. The van der Waals surface area contributed by atoms with Gasteiger partial charge >= 0.3 is 0 Å². The van der Waals surface area contributed by atoms with E-state index in [1.807, 2.05) is 23.7 Å². The van der Waals surface area contributed by atoms with E-state index in [0.717, 1.165) is 38.7 Å². The average Bonchev–Trinajstić information content (AvgIpc) is 3.33. The van der Waals surface area contributed by atoms with Gasteiger partial charge in [-0.05, 0) is 22.4 Å². The van der Waals surface area contributed by atoms with E-state index in [2.05, 4.69) is 47.8 Å². The Morgan fingerprint density at radius 1 is 1.03 bits per heavy atom. The Morgan fingerprint density at radius 3 is 2.66 bits per heavy atom. The summed E-state index contributed by atoms with van der Waals surface area (Å²) in [6.07, 6.45) is 7.38. The molecule has 10 heteroatoms. The Bertz CT molecular complexity index is 1440. The summed E-state index contributed by atoms with van der Waals surface area (Å²) in [4.78, 5) is 20.9. The molecule has 0 unspecified atom stereocenters. The minimum Gasteiger partial charge on any atom is -0.495 e. The number of aromatic nitrogens is 6. The van der Waals surface area contributed by atoms with Crippen molar-refractivity contribution in [3.8, 4) is 29.0 Å². The van der Waals surface area contributed by atoms with Gasteiger partial charge in [-0.3, -0.25) is 4.98 Å². The minimum atomic E-state index is 0.358. The molecule has 0 aliphatic rings. The number of rotatable bonds is 6. The number of methoxy groups -OCH3 is 1. The summed E-state index contributed by atoms with van der Waals surface area (Å²) in [6.45, 7) is 2.07. The van der Waals surface area contributed by atoms with Crippen molar-refractivity contribution in [3.05, 3.63) is 53.3 Å². The molecule has 0 fully saturated rings. The van der Waals surface area contributed by atoms with Crippen LogP contribution >= 0.6 is 15.9 Å². The van der Waals surface area contributed by atoms with E-state index >= 15 is 0 Å². The van der Waals surface area contributed by atoms with Crippen LogP contribution in [0, 0.1) is 0 Å². The fourth-order valence-electron chi connectivity index (χ4n) is 3.40. The van der Waals surface area contributed by atoms with Crippen molar-refractivity contribution in [1.29, 1.82) is 0 Å². The number of pyridine rings is 3. The molecular formula is C22H19BrN6O3. The maximum atomic E-state index is 6.11. The molecule has 0 aromatic carbocycles. The molecule has 0 radical (unpaired) electrons. The molecule has 0 spiro atoms. The van der Waals surface area contributed by atoms with Crippen molar-refractivity contribution in [1.82, 2.24) is 29.5 Å². The Hall–Kier alpha value is -3.66.